The third kappa shape index (κ3) is 2.78. The van der Waals surface area contributed by atoms with Crippen molar-refractivity contribution in [1.82, 2.24) is 0 Å². The summed E-state index contributed by atoms with van der Waals surface area (Å²) in [5.74, 6) is -0.138. The minimum atomic E-state index is -0.280. The molecule has 18 heavy (non-hydrogen) atoms. The lowest BCUT2D eigenvalue weighted by Gasteiger charge is -2.10. The monoisotopic (exact) mass is 246 g/mol. The highest BCUT2D eigenvalue weighted by Crippen LogP contribution is 2.34. The molecule has 3 heteroatoms. The Hall–Kier alpha value is -1.64. The van der Waals surface area contributed by atoms with Crippen LogP contribution in [-0.4, -0.2) is 18.4 Å². The van der Waals surface area contributed by atoms with E-state index in [0.717, 1.165) is 18.4 Å². The first-order valence-electron chi connectivity index (χ1n) is 6.48. The van der Waals surface area contributed by atoms with Gasteiger partial charge in [-0.3, -0.25) is 9.59 Å². The third-order valence-electron chi connectivity index (χ3n) is 3.40. The molecule has 1 aliphatic carbocycles. The maximum Gasteiger partial charge on any atom is 0.306 e. The Bertz CT molecular complexity index is 451. The van der Waals surface area contributed by atoms with Gasteiger partial charge in [0.05, 0.1) is 13.0 Å². The SMILES string of the molecule is CCOC(=O)CCC(=O)C1CCc2ccccc21. The second-order valence-electron chi connectivity index (χ2n) is 4.56. The number of hydrogen-bond acceptors (Lipinski definition) is 3. The van der Waals surface area contributed by atoms with Crippen molar-refractivity contribution in [1.29, 1.82) is 0 Å². The number of benzene rings is 1. The number of rotatable bonds is 5. The van der Waals surface area contributed by atoms with E-state index in [0.29, 0.717) is 6.61 Å². The molecule has 96 valence electrons. The maximum absolute atomic E-state index is 12.1. The minimum absolute atomic E-state index is 0.0179. The quantitative estimate of drug-likeness (QED) is 0.750. The van der Waals surface area contributed by atoms with Crippen LogP contribution in [0.25, 0.3) is 0 Å². The molecule has 1 aromatic carbocycles. The van der Waals surface area contributed by atoms with Gasteiger partial charge in [0.1, 0.15) is 5.78 Å². The molecule has 0 fully saturated rings. The van der Waals surface area contributed by atoms with Gasteiger partial charge in [0, 0.05) is 12.3 Å². The fraction of sp³-hybridized carbons (Fsp3) is 0.467. The first-order valence-corrected chi connectivity index (χ1v) is 6.48. The highest BCUT2D eigenvalue weighted by Gasteiger charge is 2.27. The van der Waals surface area contributed by atoms with Crippen molar-refractivity contribution in [3.8, 4) is 0 Å². The molecule has 0 saturated carbocycles. The van der Waals surface area contributed by atoms with Crippen LogP contribution in [0.2, 0.25) is 0 Å². The lowest BCUT2D eigenvalue weighted by Crippen LogP contribution is -2.13. The lowest BCUT2D eigenvalue weighted by atomic mass is 9.94. The highest BCUT2D eigenvalue weighted by atomic mass is 16.5. The van der Waals surface area contributed by atoms with E-state index in [1.807, 2.05) is 18.2 Å². The van der Waals surface area contributed by atoms with Crippen molar-refractivity contribution < 1.29 is 14.3 Å². The second-order valence-corrected chi connectivity index (χ2v) is 4.56. The molecule has 0 aromatic heterocycles. The highest BCUT2D eigenvalue weighted by molar-refractivity contribution is 5.89. The summed E-state index contributed by atoms with van der Waals surface area (Å²) in [4.78, 5) is 23.3. The largest absolute Gasteiger partial charge is 0.466 e. The van der Waals surface area contributed by atoms with E-state index in [1.165, 1.54) is 5.56 Å². The van der Waals surface area contributed by atoms with Crippen LogP contribution in [0.4, 0.5) is 0 Å². The second kappa shape index (κ2) is 5.80. The Labute approximate surface area is 107 Å². The number of carbonyl (C=O) groups excluding carboxylic acids is 2. The molecular weight excluding hydrogens is 228 g/mol. The van der Waals surface area contributed by atoms with E-state index < -0.39 is 0 Å². The molecule has 1 aromatic rings. The molecule has 1 aliphatic rings. The van der Waals surface area contributed by atoms with Crippen LogP contribution < -0.4 is 0 Å². The summed E-state index contributed by atoms with van der Waals surface area (Å²) in [6.07, 6.45) is 2.33. The van der Waals surface area contributed by atoms with Gasteiger partial charge in [0.2, 0.25) is 0 Å². The lowest BCUT2D eigenvalue weighted by molar-refractivity contribution is -0.144. The summed E-state index contributed by atoms with van der Waals surface area (Å²) in [7, 11) is 0. The predicted molar refractivity (Wildman–Crippen MR) is 68.4 cm³/mol. The molecule has 0 amide bonds. The molecule has 0 spiro atoms. The fourth-order valence-electron chi connectivity index (χ4n) is 2.52. The van der Waals surface area contributed by atoms with E-state index in [9.17, 15) is 9.59 Å². The van der Waals surface area contributed by atoms with Crippen LogP contribution in [0.15, 0.2) is 24.3 Å². The number of Topliss-reactive ketones (excluding diaryl/α,β-unsaturated/α-hetero) is 1. The number of ketones is 1. The number of esters is 1. The van der Waals surface area contributed by atoms with Gasteiger partial charge in [-0.15, -0.1) is 0 Å². The van der Waals surface area contributed by atoms with Gasteiger partial charge in [0.15, 0.2) is 0 Å². The minimum Gasteiger partial charge on any atom is -0.466 e. The number of hydrogen-bond donors (Lipinski definition) is 0. The molecule has 1 unspecified atom stereocenters. The number of carbonyl (C=O) groups is 2. The van der Waals surface area contributed by atoms with Gasteiger partial charge in [0.25, 0.3) is 0 Å². The zero-order chi connectivity index (χ0) is 13.0. The van der Waals surface area contributed by atoms with Gasteiger partial charge >= 0.3 is 5.97 Å². The zero-order valence-electron chi connectivity index (χ0n) is 10.6. The Morgan fingerprint density at radius 3 is 2.83 bits per heavy atom. The summed E-state index contributed by atoms with van der Waals surface area (Å²) in [5.41, 5.74) is 2.42. The first-order chi connectivity index (χ1) is 8.72. The summed E-state index contributed by atoms with van der Waals surface area (Å²) < 4.78 is 4.83. The Balaban J connectivity index is 1.93. The first kappa shape index (κ1) is 12.8. The Morgan fingerprint density at radius 1 is 1.28 bits per heavy atom. The topological polar surface area (TPSA) is 43.4 Å². The van der Waals surface area contributed by atoms with Crippen molar-refractivity contribution >= 4 is 11.8 Å². The Kier molecular flexibility index (Phi) is 4.13. The molecule has 0 aliphatic heterocycles. The van der Waals surface area contributed by atoms with Crippen molar-refractivity contribution in [2.24, 2.45) is 0 Å². The van der Waals surface area contributed by atoms with Crippen molar-refractivity contribution in [3.05, 3.63) is 35.4 Å². The van der Waals surface area contributed by atoms with E-state index in [-0.39, 0.29) is 30.5 Å². The van der Waals surface area contributed by atoms with Crippen molar-refractivity contribution in [2.45, 2.75) is 38.5 Å². The number of ether oxygens (including phenoxy) is 1. The van der Waals surface area contributed by atoms with Gasteiger partial charge in [-0.25, -0.2) is 0 Å². The van der Waals surface area contributed by atoms with E-state index >= 15 is 0 Å². The molecule has 2 rings (SSSR count). The normalized spacial score (nSPS) is 17.3. The predicted octanol–water partition coefficient (Wildman–Crippen LogP) is 2.63. The maximum atomic E-state index is 12.1. The van der Waals surface area contributed by atoms with Gasteiger partial charge in [-0.2, -0.15) is 0 Å². The molecule has 0 radical (unpaired) electrons. The van der Waals surface area contributed by atoms with Gasteiger partial charge < -0.3 is 4.74 Å². The number of fused-ring (bicyclic) bond motifs is 1. The molecule has 0 saturated heterocycles. The summed E-state index contributed by atoms with van der Waals surface area (Å²) >= 11 is 0. The molecular formula is C15H18O3. The van der Waals surface area contributed by atoms with Gasteiger partial charge in [-0.1, -0.05) is 24.3 Å². The number of aryl methyl sites for hydroxylation is 1. The van der Waals surface area contributed by atoms with Crippen LogP contribution in [-0.2, 0) is 20.7 Å². The van der Waals surface area contributed by atoms with E-state index in [1.54, 1.807) is 6.92 Å². The zero-order valence-corrected chi connectivity index (χ0v) is 10.6. The standard InChI is InChI=1S/C15H18O3/c1-2-18-15(17)10-9-14(16)13-8-7-11-5-3-4-6-12(11)13/h3-6,13H,2,7-10H2,1H3. The third-order valence-corrected chi connectivity index (χ3v) is 3.40. The molecule has 0 heterocycles. The Morgan fingerprint density at radius 2 is 2.06 bits per heavy atom. The van der Waals surface area contributed by atoms with Crippen molar-refractivity contribution in [2.75, 3.05) is 6.61 Å². The van der Waals surface area contributed by atoms with E-state index in [2.05, 4.69) is 6.07 Å². The summed E-state index contributed by atoms with van der Waals surface area (Å²) in [5, 5.41) is 0. The molecule has 0 bridgehead atoms. The average molecular weight is 246 g/mol. The van der Waals surface area contributed by atoms with Crippen LogP contribution in [0.1, 0.15) is 43.2 Å². The van der Waals surface area contributed by atoms with Gasteiger partial charge in [-0.05, 0) is 30.9 Å². The molecule has 0 N–H and O–H groups in total. The summed E-state index contributed by atoms with van der Waals surface area (Å²) in [6.45, 7) is 2.15. The van der Waals surface area contributed by atoms with Crippen molar-refractivity contribution in [3.63, 3.8) is 0 Å². The smallest absolute Gasteiger partial charge is 0.306 e. The molecule has 1 atom stereocenters. The molecule has 3 nitrogen and oxygen atoms in total. The van der Waals surface area contributed by atoms with E-state index in [4.69, 9.17) is 4.74 Å². The fourth-order valence-corrected chi connectivity index (χ4v) is 2.52. The van der Waals surface area contributed by atoms with Crippen LogP contribution >= 0.6 is 0 Å². The average Bonchev–Trinajstić information content (AvgIpc) is 2.80. The van der Waals surface area contributed by atoms with Crippen LogP contribution in [0.5, 0.6) is 0 Å². The summed E-state index contributed by atoms with van der Waals surface area (Å²) in [6, 6.07) is 8.07. The van der Waals surface area contributed by atoms with Crippen LogP contribution in [0, 0.1) is 0 Å². The van der Waals surface area contributed by atoms with Crippen LogP contribution in [0.3, 0.4) is 0 Å².